The van der Waals surface area contributed by atoms with Crippen molar-refractivity contribution in [3.05, 3.63) is 5.82 Å². The maximum Gasteiger partial charge on any atom is 0.311 e. The van der Waals surface area contributed by atoms with Crippen molar-refractivity contribution in [3.8, 4) is 0 Å². The Hall–Kier alpha value is -1.50. The van der Waals surface area contributed by atoms with Gasteiger partial charge in [-0.1, -0.05) is 0 Å². The van der Waals surface area contributed by atoms with Crippen LogP contribution in [0.3, 0.4) is 0 Å². The third-order valence-corrected chi connectivity index (χ3v) is 6.36. The van der Waals surface area contributed by atoms with E-state index in [0.717, 1.165) is 37.9 Å². The SMILES string of the molecule is COC(=O)C12CC3CC(CC(NCc4nnn(C(C)(C)C)n4)(C3)C1)C2. The Morgan fingerprint density at radius 1 is 1.28 bits per heavy atom. The van der Waals surface area contributed by atoms with Crippen LogP contribution in [0.2, 0.25) is 0 Å². The van der Waals surface area contributed by atoms with E-state index in [1.54, 1.807) is 4.80 Å². The zero-order valence-electron chi connectivity index (χ0n) is 15.7. The van der Waals surface area contributed by atoms with Crippen LogP contribution >= 0.6 is 0 Å². The van der Waals surface area contributed by atoms with Crippen molar-refractivity contribution in [3.63, 3.8) is 0 Å². The standard InChI is InChI=1S/C18H29N5O2/c1-16(2,3)23-21-14(20-22-23)10-19-18-8-12-5-13(9-18)7-17(6-12,11-18)15(24)25-4/h12-13,19H,5-11H2,1-4H3. The molecule has 5 rings (SSSR count). The Balaban J connectivity index is 1.50. The number of aromatic nitrogens is 4. The summed E-state index contributed by atoms with van der Waals surface area (Å²) in [7, 11) is 1.52. The minimum absolute atomic E-state index is 0.00965. The van der Waals surface area contributed by atoms with Crippen LogP contribution in [0.4, 0.5) is 0 Å². The van der Waals surface area contributed by atoms with Gasteiger partial charge in [-0.15, -0.1) is 10.2 Å². The van der Waals surface area contributed by atoms with Crippen LogP contribution in [0.5, 0.6) is 0 Å². The highest BCUT2D eigenvalue weighted by Gasteiger charge is 2.61. The third-order valence-electron chi connectivity index (χ3n) is 6.36. The monoisotopic (exact) mass is 347 g/mol. The molecule has 0 amide bonds. The van der Waals surface area contributed by atoms with Crippen LogP contribution < -0.4 is 5.32 Å². The third kappa shape index (κ3) is 2.86. The van der Waals surface area contributed by atoms with E-state index in [9.17, 15) is 4.79 Å². The second kappa shape index (κ2) is 5.50. The Kier molecular flexibility index (Phi) is 3.72. The molecule has 25 heavy (non-hydrogen) atoms. The first-order chi connectivity index (χ1) is 11.7. The molecular weight excluding hydrogens is 318 g/mol. The number of rotatable bonds is 4. The largest absolute Gasteiger partial charge is 0.469 e. The molecule has 0 spiro atoms. The first-order valence-corrected chi connectivity index (χ1v) is 9.37. The van der Waals surface area contributed by atoms with E-state index in [4.69, 9.17) is 4.74 Å². The Labute approximate surface area is 148 Å². The van der Waals surface area contributed by atoms with E-state index in [2.05, 4.69) is 41.5 Å². The molecule has 4 bridgehead atoms. The Morgan fingerprint density at radius 3 is 2.52 bits per heavy atom. The van der Waals surface area contributed by atoms with Crippen molar-refractivity contribution in [1.29, 1.82) is 0 Å². The Morgan fingerprint density at radius 2 is 1.96 bits per heavy atom. The summed E-state index contributed by atoms with van der Waals surface area (Å²) in [5.74, 6) is 1.97. The number of nitrogens with one attached hydrogen (secondary N) is 1. The van der Waals surface area contributed by atoms with Crippen molar-refractivity contribution in [2.75, 3.05) is 7.11 Å². The summed E-state index contributed by atoms with van der Waals surface area (Å²) in [5, 5.41) is 16.6. The van der Waals surface area contributed by atoms with E-state index in [1.165, 1.54) is 13.5 Å². The van der Waals surface area contributed by atoms with Crippen molar-refractivity contribution in [1.82, 2.24) is 25.5 Å². The molecular formula is C18H29N5O2. The molecule has 0 radical (unpaired) electrons. The highest BCUT2D eigenvalue weighted by Crippen LogP contribution is 2.62. The minimum atomic E-state index is -0.276. The van der Waals surface area contributed by atoms with Crippen molar-refractivity contribution in [2.45, 2.75) is 76.9 Å². The Bertz CT molecular complexity index is 663. The van der Waals surface area contributed by atoms with Gasteiger partial charge >= 0.3 is 5.97 Å². The number of carbonyl (C=O) groups is 1. The van der Waals surface area contributed by atoms with Gasteiger partial charge in [-0.05, 0) is 76.3 Å². The predicted molar refractivity (Wildman–Crippen MR) is 91.5 cm³/mol. The van der Waals surface area contributed by atoms with Gasteiger partial charge in [0.25, 0.3) is 0 Å². The first-order valence-electron chi connectivity index (χ1n) is 9.37. The number of esters is 1. The van der Waals surface area contributed by atoms with Gasteiger partial charge in [0.1, 0.15) is 0 Å². The fourth-order valence-electron chi connectivity index (χ4n) is 5.79. The number of hydrogen-bond donors (Lipinski definition) is 1. The molecule has 1 aromatic rings. The molecule has 1 N–H and O–H groups in total. The van der Waals surface area contributed by atoms with E-state index >= 15 is 0 Å². The number of hydrogen-bond acceptors (Lipinski definition) is 6. The average Bonchev–Trinajstić information content (AvgIpc) is 3.00. The molecule has 2 atom stereocenters. The predicted octanol–water partition coefficient (Wildman–Crippen LogP) is 2.03. The number of carbonyl (C=O) groups excluding carboxylic acids is 1. The highest BCUT2D eigenvalue weighted by atomic mass is 16.5. The van der Waals surface area contributed by atoms with E-state index in [0.29, 0.717) is 18.4 Å². The lowest BCUT2D eigenvalue weighted by atomic mass is 9.47. The zero-order valence-corrected chi connectivity index (χ0v) is 15.7. The second-order valence-electron chi connectivity index (χ2n) is 9.53. The normalized spacial score (nSPS) is 36.6. The summed E-state index contributed by atoms with van der Waals surface area (Å²) >= 11 is 0. The van der Waals surface area contributed by atoms with Crippen LogP contribution in [0.1, 0.15) is 65.1 Å². The quantitative estimate of drug-likeness (QED) is 0.839. The first kappa shape index (κ1) is 16.9. The van der Waals surface area contributed by atoms with E-state index < -0.39 is 0 Å². The fraction of sp³-hybridized carbons (Fsp3) is 0.889. The smallest absolute Gasteiger partial charge is 0.311 e. The minimum Gasteiger partial charge on any atom is -0.469 e. The summed E-state index contributed by atoms with van der Waals surface area (Å²) in [6, 6.07) is 0. The molecule has 4 aliphatic carbocycles. The molecule has 4 fully saturated rings. The number of methoxy groups -OCH3 is 1. The summed E-state index contributed by atoms with van der Waals surface area (Å²) in [6.45, 7) is 6.79. The van der Waals surface area contributed by atoms with Crippen molar-refractivity contribution in [2.24, 2.45) is 17.3 Å². The van der Waals surface area contributed by atoms with Crippen LogP contribution in [0, 0.1) is 17.3 Å². The van der Waals surface area contributed by atoms with Crippen LogP contribution in [-0.4, -0.2) is 38.8 Å². The fourth-order valence-corrected chi connectivity index (χ4v) is 5.79. The molecule has 1 heterocycles. The van der Waals surface area contributed by atoms with Gasteiger partial charge in [0.05, 0.1) is 24.6 Å². The highest BCUT2D eigenvalue weighted by molar-refractivity contribution is 5.77. The van der Waals surface area contributed by atoms with Gasteiger partial charge < -0.3 is 10.1 Å². The second-order valence-corrected chi connectivity index (χ2v) is 9.53. The maximum absolute atomic E-state index is 12.5. The van der Waals surface area contributed by atoms with Crippen molar-refractivity contribution >= 4 is 5.97 Å². The molecule has 4 aliphatic rings. The number of ether oxygens (including phenoxy) is 1. The average molecular weight is 347 g/mol. The van der Waals surface area contributed by atoms with Gasteiger partial charge in [-0.3, -0.25) is 4.79 Å². The van der Waals surface area contributed by atoms with Gasteiger partial charge in [0.2, 0.25) is 0 Å². The zero-order chi connectivity index (χ0) is 17.9. The summed E-state index contributed by atoms with van der Waals surface area (Å²) in [6.07, 6.45) is 6.44. The number of tetrazole rings is 1. The summed E-state index contributed by atoms with van der Waals surface area (Å²) < 4.78 is 5.18. The molecule has 7 heteroatoms. The van der Waals surface area contributed by atoms with Gasteiger partial charge in [0.15, 0.2) is 5.82 Å². The van der Waals surface area contributed by atoms with E-state index in [1.807, 2.05) is 0 Å². The van der Waals surface area contributed by atoms with E-state index in [-0.39, 0.29) is 22.5 Å². The van der Waals surface area contributed by atoms with Gasteiger partial charge in [-0.2, -0.15) is 4.80 Å². The molecule has 4 saturated carbocycles. The summed E-state index contributed by atoms with van der Waals surface area (Å²) in [5.41, 5.74) is -0.422. The topological polar surface area (TPSA) is 81.9 Å². The molecule has 2 unspecified atom stereocenters. The lowest BCUT2D eigenvalue weighted by Gasteiger charge is -2.61. The lowest BCUT2D eigenvalue weighted by Crippen LogP contribution is -2.63. The number of nitrogens with zero attached hydrogens (tertiary/aromatic N) is 4. The maximum atomic E-state index is 12.5. The van der Waals surface area contributed by atoms with Crippen LogP contribution in [0.15, 0.2) is 0 Å². The molecule has 7 nitrogen and oxygen atoms in total. The molecule has 138 valence electrons. The summed E-state index contributed by atoms with van der Waals surface area (Å²) in [4.78, 5) is 14.2. The van der Waals surface area contributed by atoms with Gasteiger partial charge in [-0.25, -0.2) is 0 Å². The lowest BCUT2D eigenvalue weighted by molar-refractivity contribution is -0.172. The molecule has 1 aromatic heterocycles. The van der Waals surface area contributed by atoms with Crippen LogP contribution in [-0.2, 0) is 21.6 Å². The molecule has 0 aliphatic heterocycles. The molecule has 0 saturated heterocycles. The van der Waals surface area contributed by atoms with Gasteiger partial charge in [0, 0.05) is 5.54 Å². The van der Waals surface area contributed by atoms with Crippen molar-refractivity contribution < 1.29 is 9.53 Å². The molecule has 0 aromatic carbocycles. The van der Waals surface area contributed by atoms with Crippen LogP contribution in [0.25, 0.3) is 0 Å².